The second kappa shape index (κ2) is 7.25. The molecular formula is C13H21FN2O. The Bertz CT molecular complexity index is 344. The first-order valence-electron chi connectivity index (χ1n) is 5.91. The minimum Gasteiger partial charge on any atom is -0.491 e. The van der Waals surface area contributed by atoms with Gasteiger partial charge in [-0.3, -0.25) is 4.90 Å². The molecule has 0 amide bonds. The van der Waals surface area contributed by atoms with E-state index in [1.807, 2.05) is 27.1 Å². The Labute approximate surface area is 103 Å². The third-order valence-corrected chi connectivity index (χ3v) is 2.51. The molecule has 0 saturated heterocycles. The number of nitrogens with one attached hydrogen (secondary N) is 1. The number of likely N-dealkylation sites (N-methyl/N-ethyl adjacent to an activating group) is 1. The fourth-order valence-electron chi connectivity index (χ4n) is 1.64. The molecule has 1 aromatic carbocycles. The first-order chi connectivity index (χ1) is 8.17. The molecule has 96 valence electrons. The smallest absolute Gasteiger partial charge is 0.165 e. The Kier molecular flexibility index (Phi) is 5.94. The summed E-state index contributed by atoms with van der Waals surface area (Å²) in [6.45, 7) is 4.06. The van der Waals surface area contributed by atoms with Crippen molar-refractivity contribution in [1.82, 2.24) is 10.2 Å². The van der Waals surface area contributed by atoms with E-state index < -0.39 is 0 Å². The lowest BCUT2D eigenvalue weighted by Crippen LogP contribution is -2.30. The van der Waals surface area contributed by atoms with Crippen molar-refractivity contribution in [2.75, 3.05) is 33.9 Å². The monoisotopic (exact) mass is 240 g/mol. The molecule has 0 bridgehead atoms. The third-order valence-electron chi connectivity index (χ3n) is 2.51. The maximum Gasteiger partial charge on any atom is 0.165 e. The van der Waals surface area contributed by atoms with Gasteiger partial charge >= 0.3 is 0 Å². The van der Waals surface area contributed by atoms with Gasteiger partial charge < -0.3 is 10.1 Å². The molecule has 3 nitrogen and oxygen atoms in total. The van der Waals surface area contributed by atoms with Crippen molar-refractivity contribution >= 4 is 0 Å². The van der Waals surface area contributed by atoms with E-state index in [2.05, 4.69) is 10.2 Å². The standard InChI is InChI=1S/C13H21FN2O/c1-4-17-13-6-5-11(9-12(13)14)7-8-16(3)10-15-2/h5-6,9,15H,4,7-8,10H2,1-3H3. The summed E-state index contributed by atoms with van der Waals surface area (Å²) >= 11 is 0. The van der Waals surface area contributed by atoms with Crippen molar-refractivity contribution in [3.05, 3.63) is 29.6 Å². The predicted molar refractivity (Wildman–Crippen MR) is 67.8 cm³/mol. The number of rotatable bonds is 7. The van der Waals surface area contributed by atoms with E-state index in [0.29, 0.717) is 12.4 Å². The average molecular weight is 240 g/mol. The third kappa shape index (κ3) is 4.71. The van der Waals surface area contributed by atoms with Crippen LogP contribution in [-0.2, 0) is 6.42 Å². The molecule has 0 aromatic heterocycles. The van der Waals surface area contributed by atoms with Gasteiger partial charge in [-0.1, -0.05) is 6.07 Å². The zero-order valence-electron chi connectivity index (χ0n) is 10.8. The van der Waals surface area contributed by atoms with E-state index in [4.69, 9.17) is 4.74 Å². The molecule has 17 heavy (non-hydrogen) atoms. The van der Waals surface area contributed by atoms with Gasteiger partial charge in [0.1, 0.15) is 0 Å². The van der Waals surface area contributed by atoms with Crippen LogP contribution >= 0.6 is 0 Å². The van der Waals surface area contributed by atoms with E-state index in [-0.39, 0.29) is 5.82 Å². The molecule has 1 rings (SSSR count). The number of ether oxygens (including phenoxy) is 1. The highest BCUT2D eigenvalue weighted by atomic mass is 19.1. The molecule has 0 spiro atoms. The zero-order valence-corrected chi connectivity index (χ0v) is 10.8. The highest BCUT2D eigenvalue weighted by molar-refractivity contribution is 5.29. The Hall–Kier alpha value is -1.13. The average Bonchev–Trinajstić information content (AvgIpc) is 2.30. The Balaban J connectivity index is 2.52. The van der Waals surface area contributed by atoms with Crippen LogP contribution < -0.4 is 10.1 Å². The molecule has 0 aliphatic heterocycles. The summed E-state index contributed by atoms with van der Waals surface area (Å²) in [5, 5.41) is 3.07. The molecule has 1 aromatic rings. The second-order valence-corrected chi connectivity index (χ2v) is 4.04. The largest absolute Gasteiger partial charge is 0.491 e. The van der Waals surface area contributed by atoms with Gasteiger partial charge in [-0.15, -0.1) is 0 Å². The van der Waals surface area contributed by atoms with Crippen molar-refractivity contribution in [1.29, 1.82) is 0 Å². The maximum absolute atomic E-state index is 13.6. The zero-order chi connectivity index (χ0) is 12.7. The van der Waals surface area contributed by atoms with E-state index in [9.17, 15) is 4.39 Å². The summed E-state index contributed by atoms with van der Waals surface area (Å²) in [6.07, 6.45) is 0.835. The lowest BCUT2D eigenvalue weighted by molar-refractivity contribution is 0.317. The van der Waals surface area contributed by atoms with Gasteiger partial charge in [0.25, 0.3) is 0 Å². The molecule has 0 heterocycles. The van der Waals surface area contributed by atoms with Gasteiger partial charge in [0, 0.05) is 13.2 Å². The molecule has 4 heteroatoms. The molecular weight excluding hydrogens is 219 g/mol. The van der Waals surface area contributed by atoms with Crippen molar-refractivity contribution in [2.45, 2.75) is 13.3 Å². The summed E-state index contributed by atoms with van der Waals surface area (Å²) in [4.78, 5) is 2.15. The van der Waals surface area contributed by atoms with Gasteiger partial charge in [0.2, 0.25) is 0 Å². The molecule has 0 saturated carbocycles. The van der Waals surface area contributed by atoms with Gasteiger partial charge in [0.15, 0.2) is 11.6 Å². The number of nitrogens with zero attached hydrogens (tertiary/aromatic N) is 1. The highest BCUT2D eigenvalue weighted by Gasteiger charge is 2.05. The van der Waals surface area contributed by atoms with Gasteiger partial charge in [-0.2, -0.15) is 0 Å². The predicted octanol–water partition coefficient (Wildman–Crippen LogP) is 1.88. The Morgan fingerprint density at radius 3 is 2.76 bits per heavy atom. The topological polar surface area (TPSA) is 24.5 Å². The normalized spacial score (nSPS) is 10.9. The van der Waals surface area contributed by atoms with Crippen LogP contribution in [0.1, 0.15) is 12.5 Å². The van der Waals surface area contributed by atoms with Crippen molar-refractivity contribution in [3.8, 4) is 5.75 Å². The van der Waals surface area contributed by atoms with Crippen LogP contribution in [0.25, 0.3) is 0 Å². The first kappa shape index (κ1) is 13.9. The van der Waals surface area contributed by atoms with Crippen LogP contribution in [0, 0.1) is 5.82 Å². The fourth-order valence-corrected chi connectivity index (χ4v) is 1.64. The molecule has 0 radical (unpaired) electrons. The number of benzene rings is 1. The van der Waals surface area contributed by atoms with Crippen molar-refractivity contribution < 1.29 is 9.13 Å². The highest BCUT2D eigenvalue weighted by Crippen LogP contribution is 2.18. The van der Waals surface area contributed by atoms with Crippen molar-refractivity contribution in [2.24, 2.45) is 0 Å². The summed E-state index contributed by atoms with van der Waals surface area (Å²) in [6, 6.07) is 5.17. The van der Waals surface area contributed by atoms with Crippen LogP contribution in [-0.4, -0.2) is 38.8 Å². The molecule has 0 aliphatic carbocycles. The van der Waals surface area contributed by atoms with Gasteiger partial charge in [-0.25, -0.2) is 4.39 Å². The molecule has 0 unspecified atom stereocenters. The Morgan fingerprint density at radius 2 is 2.18 bits per heavy atom. The summed E-state index contributed by atoms with van der Waals surface area (Å²) in [5.41, 5.74) is 0.994. The van der Waals surface area contributed by atoms with Crippen LogP contribution in [0.2, 0.25) is 0 Å². The summed E-state index contributed by atoms with van der Waals surface area (Å²) in [7, 11) is 3.94. The summed E-state index contributed by atoms with van der Waals surface area (Å²) in [5.74, 6) is 0.0560. The Morgan fingerprint density at radius 1 is 1.41 bits per heavy atom. The minimum atomic E-state index is -0.277. The molecule has 0 aliphatic rings. The van der Waals surface area contributed by atoms with Gasteiger partial charge in [-0.05, 0) is 45.1 Å². The number of hydrogen-bond acceptors (Lipinski definition) is 3. The van der Waals surface area contributed by atoms with E-state index in [0.717, 1.165) is 25.2 Å². The maximum atomic E-state index is 13.6. The molecule has 0 atom stereocenters. The van der Waals surface area contributed by atoms with Crippen LogP contribution in [0.5, 0.6) is 5.75 Å². The molecule has 0 fully saturated rings. The molecule has 1 N–H and O–H groups in total. The van der Waals surface area contributed by atoms with Crippen LogP contribution in [0.3, 0.4) is 0 Å². The quantitative estimate of drug-likeness (QED) is 0.736. The fraction of sp³-hybridized carbons (Fsp3) is 0.538. The number of hydrogen-bond donors (Lipinski definition) is 1. The minimum absolute atomic E-state index is 0.277. The first-order valence-corrected chi connectivity index (χ1v) is 5.91. The van der Waals surface area contributed by atoms with Crippen molar-refractivity contribution in [3.63, 3.8) is 0 Å². The van der Waals surface area contributed by atoms with E-state index in [1.165, 1.54) is 0 Å². The SMILES string of the molecule is CCOc1ccc(CCN(C)CNC)cc1F. The lowest BCUT2D eigenvalue weighted by Gasteiger charge is -2.15. The van der Waals surface area contributed by atoms with Gasteiger partial charge in [0.05, 0.1) is 6.61 Å². The number of halogens is 1. The van der Waals surface area contributed by atoms with Crippen LogP contribution in [0.4, 0.5) is 4.39 Å². The van der Waals surface area contributed by atoms with E-state index in [1.54, 1.807) is 12.1 Å². The van der Waals surface area contributed by atoms with E-state index >= 15 is 0 Å². The van der Waals surface area contributed by atoms with Crippen LogP contribution in [0.15, 0.2) is 18.2 Å². The summed E-state index contributed by atoms with van der Waals surface area (Å²) < 4.78 is 18.7. The lowest BCUT2D eigenvalue weighted by atomic mass is 10.1. The second-order valence-electron chi connectivity index (χ2n) is 4.04.